The summed E-state index contributed by atoms with van der Waals surface area (Å²) < 4.78 is 8.68. The third-order valence-electron chi connectivity index (χ3n) is 6.55. The third kappa shape index (κ3) is 3.35. The van der Waals surface area contributed by atoms with E-state index in [0.717, 1.165) is 6.42 Å². The van der Waals surface area contributed by atoms with Gasteiger partial charge in [0.1, 0.15) is 0 Å². The Morgan fingerprint density at radius 3 is 2.09 bits per heavy atom. The molecule has 32 heavy (non-hydrogen) atoms. The number of benzene rings is 4. The first-order valence-electron chi connectivity index (χ1n) is 11.3. The molecule has 4 aromatic carbocycles. The molecular formula is C29H26N2O. The van der Waals surface area contributed by atoms with Crippen molar-refractivity contribution in [1.82, 2.24) is 4.57 Å². The van der Waals surface area contributed by atoms with E-state index in [9.17, 15) is 0 Å². The van der Waals surface area contributed by atoms with Gasteiger partial charge in [0.2, 0.25) is 0 Å². The van der Waals surface area contributed by atoms with Crippen molar-refractivity contribution in [3.8, 4) is 0 Å². The number of hydrogen-bond donors (Lipinski definition) is 1. The molecule has 6 rings (SSSR count). The topological polar surface area (TPSA) is 26.2 Å². The van der Waals surface area contributed by atoms with Gasteiger partial charge in [0.05, 0.1) is 25.3 Å². The molecule has 0 amide bonds. The van der Waals surface area contributed by atoms with Gasteiger partial charge in [0.15, 0.2) is 0 Å². The largest absolute Gasteiger partial charge is 0.380 e. The Hall–Kier alpha value is -3.56. The SMILES string of the molecule is c1ccc(COCC2CC(n3c4ccccc4c4ccccc43)c3ccccc3N2)cc1. The Kier molecular flexibility index (Phi) is 4.89. The maximum atomic E-state index is 6.14. The monoisotopic (exact) mass is 418 g/mol. The van der Waals surface area contributed by atoms with Gasteiger partial charge in [-0.1, -0.05) is 84.9 Å². The second kappa shape index (κ2) is 8.18. The van der Waals surface area contributed by atoms with Gasteiger partial charge in [-0.25, -0.2) is 0 Å². The van der Waals surface area contributed by atoms with E-state index in [0.29, 0.717) is 13.2 Å². The van der Waals surface area contributed by atoms with Crippen molar-refractivity contribution in [2.45, 2.75) is 25.1 Å². The summed E-state index contributed by atoms with van der Waals surface area (Å²) in [5.74, 6) is 0. The number of ether oxygens (including phenoxy) is 1. The van der Waals surface area contributed by atoms with Crippen molar-refractivity contribution in [2.75, 3.05) is 11.9 Å². The van der Waals surface area contributed by atoms with Crippen molar-refractivity contribution in [2.24, 2.45) is 0 Å². The Balaban J connectivity index is 1.38. The molecule has 3 heteroatoms. The van der Waals surface area contributed by atoms with Crippen LogP contribution >= 0.6 is 0 Å². The minimum atomic E-state index is 0.249. The Bertz CT molecular complexity index is 1320. The molecule has 2 heterocycles. The standard InChI is InChI=1S/C29H26N2O/c1-2-10-21(11-3-1)19-32-20-22-18-29(25-14-4-7-15-26(25)30-22)31-27-16-8-5-12-23(27)24-13-6-9-17-28(24)31/h1-17,22,29-30H,18-20H2. The normalized spacial score (nSPS) is 17.9. The van der Waals surface area contributed by atoms with Gasteiger partial charge in [-0.15, -0.1) is 0 Å². The first kappa shape index (κ1) is 19.1. The molecule has 2 atom stereocenters. The van der Waals surface area contributed by atoms with E-state index in [2.05, 4.69) is 107 Å². The van der Waals surface area contributed by atoms with E-state index in [-0.39, 0.29) is 12.1 Å². The van der Waals surface area contributed by atoms with Crippen LogP contribution in [0.2, 0.25) is 0 Å². The van der Waals surface area contributed by atoms with Gasteiger partial charge in [-0.05, 0) is 35.7 Å². The van der Waals surface area contributed by atoms with Crippen molar-refractivity contribution in [1.29, 1.82) is 0 Å². The molecule has 1 aromatic heterocycles. The first-order valence-corrected chi connectivity index (χ1v) is 11.3. The molecule has 0 fully saturated rings. The summed E-state index contributed by atoms with van der Waals surface area (Å²) in [4.78, 5) is 0. The zero-order valence-electron chi connectivity index (χ0n) is 17.9. The van der Waals surface area contributed by atoms with Crippen LogP contribution in [0.15, 0.2) is 103 Å². The fourth-order valence-corrected chi connectivity index (χ4v) is 5.13. The summed E-state index contributed by atoms with van der Waals surface area (Å²) in [6.07, 6.45) is 0.981. The second-order valence-corrected chi connectivity index (χ2v) is 8.59. The number of aromatic nitrogens is 1. The smallest absolute Gasteiger partial charge is 0.0717 e. The maximum absolute atomic E-state index is 6.14. The number of nitrogens with zero attached hydrogens (tertiary/aromatic N) is 1. The highest BCUT2D eigenvalue weighted by molar-refractivity contribution is 6.08. The zero-order valence-corrected chi connectivity index (χ0v) is 17.9. The molecule has 5 aromatic rings. The highest BCUT2D eigenvalue weighted by Crippen LogP contribution is 2.41. The number of fused-ring (bicyclic) bond motifs is 4. The van der Waals surface area contributed by atoms with Crippen molar-refractivity contribution >= 4 is 27.5 Å². The highest BCUT2D eigenvalue weighted by Gasteiger charge is 2.29. The second-order valence-electron chi connectivity index (χ2n) is 8.59. The van der Waals surface area contributed by atoms with Crippen LogP contribution in [0.5, 0.6) is 0 Å². The lowest BCUT2D eigenvalue weighted by atomic mass is 9.92. The van der Waals surface area contributed by atoms with Crippen LogP contribution in [-0.2, 0) is 11.3 Å². The molecule has 0 bridgehead atoms. The van der Waals surface area contributed by atoms with Crippen molar-refractivity contribution in [3.05, 3.63) is 114 Å². The molecule has 158 valence electrons. The highest BCUT2D eigenvalue weighted by atomic mass is 16.5. The predicted molar refractivity (Wildman–Crippen MR) is 132 cm³/mol. The Labute approximate surface area is 188 Å². The van der Waals surface area contributed by atoms with E-state index < -0.39 is 0 Å². The molecule has 1 aliphatic heterocycles. The van der Waals surface area contributed by atoms with Crippen LogP contribution in [-0.4, -0.2) is 17.2 Å². The molecule has 1 aliphatic rings. The van der Waals surface area contributed by atoms with E-state index in [4.69, 9.17) is 4.74 Å². The molecule has 1 N–H and O–H groups in total. The van der Waals surface area contributed by atoms with Gasteiger partial charge in [0.25, 0.3) is 0 Å². The van der Waals surface area contributed by atoms with E-state index in [1.807, 2.05) is 6.07 Å². The van der Waals surface area contributed by atoms with Crippen LogP contribution in [0, 0.1) is 0 Å². The minimum Gasteiger partial charge on any atom is -0.380 e. The molecule has 0 spiro atoms. The Morgan fingerprint density at radius 1 is 0.719 bits per heavy atom. The lowest BCUT2D eigenvalue weighted by Crippen LogP contribution is -2.34. The predicted octanol–water partition coefficient (Wildman–Crippen LogP) is 6.78. The third-order valence-corrected chi connectivity index (χ3v) is 6.55. The fraction of sp³-hybridized carbons (Fsp3) is 0.172. The number of nitrogens with one attached hydrogen (secondary N) is 1. The van der Waals surface area contributed by atoms with Gasteiger partial charge >= 0.3 is 0 Å². The Morgan fingerprint density at radius 2 is 1.34 bits per heavy atom. The quantitative estimate of drug-likeness (QED) is 0.340. The van der Waals surface area contributed by atoms with Crippen molar-refractivity contribution < 1.29 is 4.74 Å². The van der Waals surface area contributed by atoms with Crippen LogP contribution < -0.4 is 5.32 Å². The minimum absolute atomic E-state index is 0.249. The summed E-state index contributed by atoms with van der Waals surface area (Å²) in [5, 5.41) is 6.36. The summed E-state index contributed by atoms with van der Waals surface area (Å²) >= 11 is 0. The van der Waals surface area contributed by atoms with Gasteiger partial charge in [-0.2, -0.15) is 0 Å². The molecule has 0 saturated heterocycles. The summed E-state index contributed by atoms with van der Waals surface area (Å²) in [7, 11) is 0. The maximum Gasteiger partial charge on any atom is 0.0717 e. The van der Waals surface area contributed by atoms with Gasteiger partial charge in [0, 0.05) is 27.5 Å². The summed E-state index contributed by atoms with van der Waals surface area (Å²) in [6.45, 7) is 1.32. The molecule has 0 aliphatic carbocycles. The average Bonchev–Trinajstić information content (AvgIpc) is 3.19. The molecular weight excluding hydrogens is 392 g/mol. The lowest BCUT2D eigenvalue weighted by molar-refractivity contribution is 0.107. The fourth-order valence-electron chi connectivity index (χ4n) is 5.13. The van der Waals surface area contributed by atoms with Crippen LogP contribution in [0.1, 0.15) is 23.6 Å². The number of rotatable bonds is 5. The first-order chi connectivity index (χ1) is 15.9. The van der Waals surface area contributed by atoms with Crippen LogP contribution in [0.4, 0.5) is 5.69 Å². The lowest BCUT2D eigenvalue weighted by Gasteiger charge is -2.35. The molecule has 0 radical (unpaired) electrons. The summed E-state index contributed by atoms with van der Waals surface area (Å²) in [5.41, 5.74) is 6.35. The number of anilines is 1. The van der Waals surface area contributed by atoms with E-state index >= 15 is 0 Å². The van der Waals surface area contributed by atoms with Crippen molar-refractivity contribution in [3.63, 3.8) is 0 Å². The average molecular weight is 419 g/mol. The number of para-hydroxylation sites is 3. The molecule has 2 unspecified atom stereocenters. The zero-order chi connectivity index (χ0) is 21.3. The number of hydrogen-bond acceptors (Lipinski definition) is 2. The van der Waals surface area contributed by atoms with Crippen LogP contribution in [0.3, 0.4) is 0 Å². The van der Waals surface area contributed by atoms with Gasteiger partial charge < -0.3 is 14.6 Å². The molecule has 0 saturated carbocycles. The van der Waals surface area contributed by atoms with Gasteiger partial charge in [-0.3, -0.25) is 0 Å². The molecule has 3 nitrogen and oxygen atoms in total. The van der Waals surface area contributed by atoms with E-state index in [1.54, 1.807) is 0 Å². The van der Waals surface area contributed by atoms with Crippen LogP contribution in [0.25, 0.3) is 21.8 Å². The van der Waals surface area contributed by atoms with E-state index in [1.165, 1.54) is 38.6 Å². The summed E-state index contributed by atoms with van der Waals surface area (Å²) in [6, 6.07) is 37.1.